The molecule has 1 fully saturated rings. The number of piperazine rings is 1. The zero-order valence-electron chi connectivity index (χ0n) is 18.6. The number of benzene rings is 1. The number of nitrogens with one attached hydrogen (secondary N) is 1. The van der Waals surface area contributed by atoms with Crippen LogP contribution >= 0.6 is 0 Å². The zero-order valence-corrected chi connectivity index (χ0v) is 18.6. The van der Waals surface area contributed by atoms with Crippen LogP contribution in [0.5, 0.6) is 0 Å². The number of aromatic nitrogens is 1. The van der Waals surface area contributed by atoms with Crippen molar-refractivity contribution in [2.24, 2.45) is 0 Å². The second kappa shape index (κ2) is 11.1. The Labute approximate surface area is 180 Å². The normalized spacial score (nSPS) is 15.9. The van der Waals surface area contributed by atoms with Gasteiger partial charge in [0.15, 0.2) is 0 Å². The predicted molar refractivity (Wildman–Crippen MR) is 123 cm³/mol. The maximum Gasteiger partial charge on any atom is 0.242 e. The van der Waals surface area contributed by atoms with E-state index in [-0.39, 0.29) is 11.9 Å². The van der Waals surface area contributed by atoms with E-state index in [1.165, 1.54) is 0 Å². The van der Waals surface area contributed by atoms with Crippen LogP contribution in [0.25, 0.3) is 0 Å². The maximum atomic E-state index is 13.1. The lowest BCUT2D eigenvalue weighted by molar-refractivity contribution is -0.126. The van der Waals surface area contributed by atoms with Gasteiger partial charge in [0.1, 0.15) is 11.9 Å². The minimum absolute atomic E-state index is 0.0321. The van der Waals surface area contributed by atoms with E-state index in [0.717, 1.165) is 62.8 Å². The van der Waals surface area contributed by atoms with Gasteiger partial charge in [-0.15, -0.1) is 0 Å². The summed E-state index contributed by atoms with van der Waals surface area (Å²) in [6.45, 7) is 13.8. The van der Waals surface area contributed by atoms with Crippen molar-refractivity contribution in [2.45, 2.75) is 33.4 Å². The Morgan fingerprint density at radius 2 is 1.73 bits per heavy atom. The summed E-state index contributed by atoms with van der Waals surface area (Å²) < 4.78 is 0. The molecule has 1 unspecified atom stereocenters. The second-order valence-corrected chi connectivity index (χ2v) is 7.70. The van der Waals surface area contributed by atoms with Crippen molar-refractivity contribution in [3.05, 3.63) is 59.8 Å². The molecule has 0 aliphatic carbocycles. The Morgan fingerprint density at radius 3 is 2.30 bits per heavy atom. The SMILES string of the molecule is CCN1CCN(c2ccc(CNC(=O)C(c3ccccc3)N(CC)CC)cn2)CC1. The van der Waals surface area contributed by atoms with Crippen LogP contribution in [0.1, 0.15) is 37.9 Å². The molecule has 0 bridgehead atoms. The molecule has 1 amide bonds. The van der Waals surface area contributed by atoms with Gasteiger partial charge in [0, 0.05) is 38.9 Å². The molecule has 6 nitrogen and oxygen atoms in total. The van der Waals surface area contributed by atoms with Crippen LogP contribution in [-0.4, -0.2) is 66.5 Å². The van der Waals surface area contributed by atoms with Crippen LogP contribution in [0.15, 0.2) is 48.7 Å². The summed E-state index contributed by atoms with van der Waals surface area (Å²) in [7, 11) is 0. The standard InChI is InChI=1S/C24H35N5O/c1-4-27-14-16-29(17-15-27)22-13-12-20(18-25-22)19-26-24(30)23(28(5-2)6-3)21-10-8-7-9-11-21/h7-13,18,23H,4-6,14-17,19H2,1-3H3,(H,26,30). The second-order valence-electron chi connectivity index (χ2n) is 7.70. The number of carbonyl (C=O) groups excluding carboxylic acids is 1. The lowest BCUT2D eigenvalue weighted by Gasteiger charge is -2.34. The summed E-state index contributed by atoms with van der Waals surface area (Å²) in [6.07, 6.45) is 1.89. The van der Waals surface area contributed by atoms with Gasteiger partial charge in [-0.25, -0.2) is 4.98 Å². The molecule has 3 rings (SSSR count). The highest BCUT2D eigenvalue weighted by Crippen LogP contribution is 2.21. The van der Waals surface area contributed by atoms with Gasteiger partial charge < -0.3 is 15.1 Å². The van der Waals surface area contributed by atoms with E-state index in [2.05, 4.69) is 57.9 Å². The van der Waals surface area contributed by atoms with E-state index in [0.29, 0.717) is 6.54 Å². The smallest absolute Gasteiger partial charge is 0.242 e. The largest absolute Gasteiger partial charge is 0.354 e. The minimum atomic E-state index is -0.275. The molecule has 1 aliphatic rings. The van der Waals surface area contributed by atoms with E-state index < -0.39 is 0 Å². The summed E-state index contributed by atoms with van der Waals surface area (Å²) in [5, 5.41) is 3.12. The van der Waals surface area contributed by atoms with Crippen LogP contribution in [0.4, 0.5) is 5.82 Å². The molecule has 2 heterocycles. The van der Waals surface area contributed by atoms with Crippen molar-refractivity contribution < 1.29 is 4.79 Å². The third-order valence-corrected chi connectivity index (χ3v) is 5.96. The first-order chi connectivity index (χ1) is 14.7. The molecule has 1 aliphatic heterocycles. The van der Waals surface area contributed by atoms with Crippen molar-refractivity contribution >= 4 is 11.7 Å². The topological polar surface area (TPSA) is 51.7 Å². The van der Waals surface area contributed by atoms with Crippen LogP contribution < -0.4 is 10.2 Å². The summed E-state index contributed by atoms with van der Waals surface area (Å²) in [4.78, 5) is 24.7. The molecule has 1 N–H and O–H groups in total. The molecule has 30 heavy (non-hydrogen) atoms. The number of likely N-dealkylation sites (N-methyl/N-ethyl adjacent to an activating group) is 2. The maximum absolute atomic E-state index is 13.1. The summed E-state index contributed by atoms with van der Waals surface area (Å²) >= 11 is 0. The molecule has 0 spiro atoms. The molecule has 0 radical (unpaired) electrons. The lowest BCUT2D eigenvalue weighted by Crippen LogP contribution is -2.46. The average molecular weight is 410 g/mol. The highest BCUT2D eigenvalue weighted by atomic mass is 16.2. The number of hydrogen-bond acceptors (Lipinski definition) is 5. The Hall–Kier alpha value is -2.44. The van der Waals surface area contributed by atoms with Crippen molar-refractivity contribution in [2.75, 3.05) is 50.7 Å². The van der Waals surface area contributed by atoms with Gasteiger partial charge in [-0.2, -0.15) is 0 Å². The Morgan fingerprint density at radius 1 is 1.03 bits per heavy atom. The Balaban J connectivity index is 1.60. The van der Waals surface area contributed by atoms with Crippen LogP contribution in [0, 0.1) is 0 Å². The van der Waals surface area contributed by atoms with E-state index in [1.54, 1.807) is 0 Å². The molecule has 6 heteroatoms. The van der Waals surface area contributed by atoms with Gasteiger partial charge >= 0.3 is 0 Å². The van der Waals surface area contributed by atoms with Gasteiger partial charge in [0.25, 0.3) is 0 Å². The minimum Gasteiger partial charge on any atom is -0.354 e. The van der Waals surface area contributed by atoms with Crippen molar-refractivity contribution in [1.82, 2.24) is 20.1 Å². The molecular formula is C24H35N5O. The third kappa shape index (κ3) is 5.58. The fourth-order valence-corrected chi connectivity index (χ4v) is 4.04. The van der Waals surface area contributed by atoms with Crippen molar-refractivity contribution in [1.29, 1.82) is 0 Å². The van der Waals surface area contributed by atoms with E-state index in [9.17, 15) is 4.79 Å². The monoisotopic (exact) mass is 409 g/mol. The molecule has 162 valence electrons. The number of amides is 1. The molecule has 1 aromatic heterocycles. The number of nitrogens with zero attached hydrogens (tertiary/aromatic N) is 4. The number of pyridine rings is 1. The average Bonchev–Trinajstić information content (AvgIpc) is 2.82. The fraction of sp³-hybridized carbons (Fsp3) is 0.500. The molecule has 2 aromatic rings. The number of rotatable bonds is 9. The first kappa shape index (κ1) is 22.2. The molecule has 1 atom stereocenters. The molecule has 1 aromatic carbocycles. The van der Waals surface area contributed by atoms with Gasteiger partial charge in [0.2, 0.25) is 5.91 Å². The summed E-state index contributed by atoms with van der Waals surface area (Å²) in [5.41, 5.74) is 2.05. The molecule has 0 saturated carbocycles. The lowest BCUT2D eigenvalue weighted by atomic mass is 10.0. The predicted octanol–water partition coefficient (Wildman–Crippen LogP) is 2.92. The number of hydrogen-bond donors (Lipinski definition) is 1. The van der Waals surface area contributed by atoms with Crippen molar-refractivity contribution in [3.63, 3.8) is 0 Å². The highest BCUT2D eigenvalue weighted by molar-refractivity contribution is 5.83. The highest BCUT2D eigenvalue weighted by Gasteiger charge is 2.25. The first-order valence-electron chi connectivity index (χ1n) is 11.1. The van der Waals surface area contributed by atoms with Crippen LogP contribution in [0.2, 0.25) is 0 Å². The Bertz CT molecular complexity index is 768. The number of anilines is 1. The van der Waals surface area contributed by atoms with E-state index >= 15 is 0 Å². The van der Waals surface area contributed by atoms with E-state index in [1.807, 2.05) is 36.5 Å². The molecule has 1 saturated heterocycles. The van der Waals surface area contributed by atoms with Gasteiger partial charge in [-0.3, -0.25) is 9.69 Å². The van der Waals surface area contributed by atoms with Crippen LogP contribution in [0.3, 0.4) is 0 Å². The molecular weight excluding hydrogens is 374 g/mol. The summed E-state index contributed by atoms with van der Waals surface area (Å²) in [5.74, 6) is 1.05. The summed E-state index contributed by atoms with van der Waals surface area (Å²) in [6, 6.07) is 13.9. The number of carbonyl (C=O) groups is 1. The van der Waals surface area contributed by atoms with E-state index in [4.69, 9.17) is 0 Å². The van der Waals surface area contributed by atoms with Gasteiger partial charge in [-0.05, 0) is 36.8 Å². The fourth-order valence-electron chi connectivity index (χ4n) is 4.04. The van der Waals surface area contributed by atoms with Crippen molar-refractivity contribution in [3.8, 4) is 0 Å². The quantitative estimate of drug-likeness (QED) is 0.690. The zero-order chi connectivity index (χ0) is 21.3. The van der Waals surface area contributed by atoms with Gasteiger partial charge in [-0.1, -0.05) is 57.2 Å². The van der Waals surface area contributed by atoms with Crippen LogP contribution in [-0.2, 0) is 11.3 Å². The first-order valence-corrected chi connectivity index (χ1v) is 11.1. The Kier molecular flexibility index (Phi) is 8.22. The van der Waals surface area contributed by atoms with Gasteiger partial charge in [0.05, 0.1) is 0 Å². The third-order valence-electron chi connectivity index (χ3n) is 5.96.